The fourth-order valence-corrected chi connectivity index (χ4v) is 4.58. The van der Waals surface area contributed by atoms with Gasteiger partial charge in [-0.15, -0.1) is 0 Å². The summed E-state index contributed by atoms with van der Waals surface area (Å²) in [4.78, 5) is 11.4. The Balaban J connectivity index is 1.58. The van der Waals surface area contributed by atoms with Crippen molar-refractivity contribution in [3.05, 3.63) is 52.4 Å². The molecule has 29 heavy (non-hydrogen) atoms. The van der Waals surface area contributed by atoms with E-state index in [1.807, 2.05) is 25.1 Å². The largest absolute Gasteiger partial charge is 0.489 e. The smallest absolute Gasteiger partial charge is 0.336 e. The molecule has 1 aliphatic rings. The predicted molar refractivity (Wildman–Crippen MR) is 114 cm³/mol. The number of aliphatic hydroxyl groups excluding tert-OH is 1. The molecule has 5 nitrogen and oxygen atoms in total. The first-order chi connectivity index (χ1) is 13.6. The van der Waals surface area contributed by atoms with Gasteiger partial charge in [0.05, 0.1) is 11.7 Å². The van der Waals surface area contributed by atoms with E-state index in [0.29, 0.717) is 30.8 Å². The molecule has 1 fully saturated rings. The van der Waals surface area contributed by atoms with Crippen LogP contribution in [-0.4, -0.2) is 28.5 Å². The summed E-state index contributed by atoms with van der Waals surface area (Å²) >= 11 is 0. The van der Waals surface area contributed by atoms with Gasteiger partial charge in [0.1, 0.15) is 17.9 Å². The molecule has 1 aromatic heterocycles. The Kier molecular flexibility index (Phi) is 6.20. The molecule has 5 heteroatoms. The molecule has 0 bridgehead atoms. The van der Waals surface area contributed by atoms with Crippen LogP contribution in [0.25, 0.3) is 11.0 Å². The minimum absolute atomic E-state index is 0.0337. The first-order valence-corrected chi connectivity index (χ1v) is 10.3. The van der Waals surface area contributed by atoms with E-state index >= 15 is 0 Å². The van der Waals surface area contributed by atoms with E-state index < -0.39 is 5.60 Å². The molecule has 158 valence electrons. The van der Waals surface area contributed by atoms with Crippen molar-refractivity contribution in [1.82, 2.24) is 0 Å². The Labute approximate surface area is 172 Å². The molecule has 0 aliphatic heterocycles. The molecule has 2 N–H and O–H groups in total. The number of ether oxygens (including phenoxy) is 1. The highest BCUT2D eigenvalue weighted by molar-refractivity contribution is 5.77. The standard InChI is InChI=1S/C24H32O5/c1-16(5-9-20-23(2,3)21(25)11-13-24(20,4)27)12-14-28-18-8-6-17-7-10-22(26)29-19(17)15-18/h6-8,10,12,15,20-21,25,27H,5,9,11,13-14H2,1-4H3/t20-,21+,24-/m0/s1. The molecule has 0 spiro atoms. The van der Waals surface area contributed by atoms with Crippen molar-refractivity contribution in [2.24, 2.45) is 11.3 Å². The molecule has 1 heterocycles. The fourth-order valence-electron chi connectivity index (χ4n) is 4.58. The number of fused-ring (bicyclic) bond motifs is 1. The summed E-state index contributed by atoms with van der Waals surface area (Å²) in [6.07, 6.45) is 4.59. The second kappa shape index (κ2) is 8.33. The average molecular weight is 401 g/mol. The molecule has 0 unspecified atom stereocenters. The number of aliphatic hydroxyl groups is 2. The van der Waals surface area contributed by atoms with Crippen LogP contribution in [0.1, 0.15) is 53.4 Å². The summed E-state index contributed by atoms with van der Waals surface area (Å²) in [5.74, 6) is 0.682. The number of allylic oxidation sites excluding steroid dienone is 1. The second-order valence-electron chi connectivity index (χ2n) is 9.14. The van der Waals surface area contributed by atoms with E-state index in [1.54, 1.807) is 12.1 Å². The third-order valence-electron chi connectivity index (χ3n) is 6.54. The minimum atomic E-state index is -0.755. The molecular weight excluding hydrogens is 368 g/mol. The molecule has 1 saturated carbocycles. The molecule has 0 saturated heterocycles. The average Bonchev–Trinajstić information content (AvgIpc) is 2.64. The van der Waals surface area contributed by atoms with Crippen LogP contribution in [-0.2, 0) is 0 Å². The summed E-state index contributed by atoms with van der Waals surface area (Å²) in [5, 5.41) is 22.1. The van der Waals surface area contributed by atoms with Crippen molar-refractivity contribution in [2.45, 2.75) is 65.1 Å². The molecule has 1 aliphatic carbocycles. The van der Waals surface area contributed by atoms with Gasteiger partial charge in [0.2, 0.25) is 0 Å². The van der Waals surface area contributed by atoms with Crippen molar-refractivity contribution < 1.29 is 19.4 Å². The Morgan fingerprint density at radius 3 is 2.76 bits per heavy atom. The Bertz CT molecular complexity index is 938. The van der Waals surface area contributed by atoms with Gasteiger partial charge in [0.15, 0.2) is 0 Å². The maximum absolute atomic E-state index is 11.4. The van der Waals surface area contributed by atoms with Crippen molar-refractivity contribution >= 4 is 11.0 Å². The molecule has 3 atom stereocenters. The Morgan fingerprint density at radius 2 is 2.00 bits per heavy atom. The lowest BCUT2D eigenvalue weighted by Gasteiger charge is -2.51. The Morgan fingerprint density at radius 1 is 1.28 bits per heavy atom. The number of hydrogen-bond donors (Lipinski definition) is 2. The van der Waals surface area contributed by atoms with Crippen LogP contribution in [0.4, 0.5) is 0 Å². The van der Waals surface area contributed by atoms with Crippen molar-refractivity contribution in [1.29, 1.82) is 0 Å². The van der Waals surface area contributed by atoms with Crippen LogP contribution < -0.4 is 10.4 Å². The topological polar surface area (TPSA) is 79.9 Å². The van der Waals surface area contributed by atoms with Gasteiger partial charge in [-0.2, -0.15) is 0 Å². The summed E-state index contributed by atoms with van der Waals surface area (Å²) in [6, 6.07) is 8.58. The van der Waals surface area contributed by atoms with Crippen molar-refractivity contribution in [2.75, 3.05) is 6.61 Å². The zero-order valence-corrected chi connectivity index (χ0v) is 17.8. The van der Waals surface area contributed by atoms with Crippen LogP contribution in [0, 0.1) is 11.3 Å². The quantitative estimate of drug-likeness (QED) is 0.553. The van der Waals surface area contributed by atoms with E-state index in [2.05, 4.69) is 20.8 Å². The van der Waals surface area contributed by atoms with Crippen LogP contribution in [0.15, 0.2) is 51.2 Å². The van der Waals surface area contributed by atoms with Gasteiger partial charge >= 0.3 is 5.63 Å². The highest BCUT2D eigenvalue weighted by Gasteiger charge is 2.49. The van der Waals surface area contributed by atoms with Gasteiger partial charge in [-0.1, -0.05) is 19.4 Å². The summed E-state index contributed by atoms with van der Waals surface area (Å²) in [5.41, 5.74) is 0.249. The SMILES string of the molecule is CC(=CCOc1ccc2ccc(=O)oc2c1)CC[C@H]1C(C)(C)[C@H](O)CC[C@]1(C)O. The van der Waals surface area contributed by atoms with Crippen LogP contribution in [0.3, 0.4) is 0 Å². The van der Waals surface area contributed by atoms with Gasteiger partial charge in [-0.25, -0.2) is 4.79 Å². The van der Waals surface area contributed by atoms with Gasteiger partial charge in [0.25, 0.3) is 0 Å². The highest BCUT2D eigenvalue weighted by Crippen LogP contribution is 2.48. The molecular formula is C24H32O5. The van der Waals surface area contributed by atoms with Gasteiger partial charge < -0.3 is 19.4 Å². The molecule has 3 rings (SSSR count). The molecule has 1 aromatic carbocycles. The molecule has 2 aromatic rings. The summed E-state index contributed by atoms with van der Waals surface area (Å²) in [6.45, 7) is 8.48. The zero-order chi connectivity index (χ0) is 21.2. The van der Waals surface area contributed by atoms with Crippen molar-refractivity contribution in [3.63, 3.8) is 0 Å². The summed E-state index contributed by atoms with van der Waals surface area (Å²) in [7, 11) is 0. The van der Waals surface area contributed by atoms with E-state index in [0.717, 1.165) is 18.2 Å². The minimum Gasteiger partial charge on any atom is -0.489 e. The van der Waals surface area contributed by atoms with Crippen molar-refractivity contribution in [3.8, 4) is 5.75 Å². The lowest BCUT2D eigenvalue weighted by molar-refractivity contribution is -0.145. The van der Waals surface area contributed by atoms with Gasteiger partial charge in [0, 0.05) is 17.5 Å². The fraction of sp³-hybridized carbons (Fsp3) is 0.542. The van der Waals surface area contributed by atoms with E-state index in [4.69, 9.17) is 9.15 Å². The Hall–Kier alpha value is -2.11. The molecule has 0 radical (unpaired) electrons. The third kappa shape index (κ3) is 4.90. The van der Waals surface area contributed by atoms with E-state index in [-0.39, 0.29) is 23.1 Å². The number of benzene rings is 1. The number of hydrogen-bond acceptors (Lipinski definition) is 5. The first kappa shape index (κ1) is 21.6. The highest BCUT2D eigenvalue weighted by atomic mass is 16.5. The summed E-state index contributed by atoms with van der Waals surface area (Å²) < 4.78 is 11.0. The molecule has 0 amide bonds. The third-order valence-corrected chi connectivity index (χ3v) is 6.54. The normalized spacial score (nSPS) is 27.2. The van der Waals surface area contributed by atoms with Crippen LogP contribution in [0.5, 0.6) is 5.75 Å². The zero-order valence-electron chi connectivity index (χ0n) is 17.8. The van der Waals surface area contributed by atoms with Gasteiger partial charge in [-0.3, -0.25) is 0 Å². The van der Waals surface area contributed by atoms with Crippen LogP contribution in [0.2, 0.25) is 0 Å². The number of rotatable bonds is 6. The van der Waals surface area contributed by atoms with Gasteiger partial charge in [-0.05, 0) is 75.1 Å². The lowest BCUT2D eigenvalue weighted by atomic mass is 9.59. The van der Waals surface area contributed by atoms with Crippen LogP contribution >= 0.6 is 0 Å². The maximum atomic E-state index is 11.4. The monoisotopic (exact) mass is 400 g/mol. The lowest BCUT2D eigenvalue weighted by Crippen LogP contribution is -2.53. The van der Waals surface area contributed by atoms with E-state index in [1.165, 1.54) is 11.6 Å². The second-order valence-corrected chi connectivity index (χ2v) is 9.14. The van der Waals surface area contributed by atoms with E-state index in [9.17, 15) is 15.0 Å². The maximum Gasteiger partial charge on any atom is 0.336 e. The predicted octanol–water partition coefficient (Wildman–Crippen LogP) is 4.45. The first-order valence-electron chi connectivity index (χ1n) is 10.3.